The fourth-order valence-corrected chi connectivity index (χ4v) is 2.88. The zero-order valence-corrected chi connectivity index (χ0v) is 13.5. The summed E-state index contributed by atoms with van der Waals surface area (Å²) in [5.74, 6) is 0.341. The van der Waals surface area contributed by atoms with Crippen LogP contribution in [0.5, 0.6) is 0 Å². The van der Waals surface area contributed by atoms with E-state index in [9.17, 15) is 9.59 Å². The molecule has 0 saturated heterocycles. The van der Waals surface area contributed by atoms with E-state index in [1.807, 2.05) is 10.3 Å². The number of hydrogen-bond acceptors (Lipinski definition) is 4. The van der Waals surface area contributed by atoms with E-state index in [2.05, 4.69) is 24.1 Å². The Labute approximate surface area is 129 Å². The van der Waals surface area contributed by atoms with Crippen LogP contribution >= 0.6 is 11.3 Å². The topological polar surface area (TPSA) is 62.3 Å². The molecule has 2 rings (SSSR count). The Bertz CT molecular complexity index is 491. The minimum atomic E-state index is 0.0563. The molecule has 21 heavy (non-hydrogen) atoms. The molecule has 116 valence electrons. The molecule has 0 radical (unpaired) electrons. The largest absolute Gasteiger partial charge is 0.342 e. The summed E-state index contributed by atoms with van der Waals surface area (Å²) in [4.78, 5) is 30.1. The number of carbonyl (C=O) groups is 2. The smallest absolute Gasteiger partial charge is 0.229 e. The Morgan fingerprint density at radius 3 is 2.57 bits per heavy atom. The average molecular weight is 309 g/mol. The normalized spacial score (nSPS) is 14.0. The highest BCUT2D eigenvalue weighted by Crippen LogP contribution is 2.30. The van der Waals surface area contributed by atoms with E-state index in [4.69, 9.17) is 0 Å². The van der Waals surface area contributed by atoms with E-state index in [0.717, 1.165) is 44.5 Å². The molecule has 1 heterocycles. The van der Waals surface area contributed by atoms with Crippen molar-refractivity contribution in [3.8, 4) is 0 Å². The minimum absolute atomic E-state index is 0.0563. The Kier molecular flexibility index (Phi) is 5.73. The highest BCUT2D eigenvalue weighted by molar-refractivity contribution is 7.13. The van der Waals surface area contributed by atoms with Crippen LogP contribution in [0.4, 0.5) is 5.13 Å². The van der Waals surface area contributed by atoms with Gasteiger partial charge in [-0.1, -0.05) is 13.8 Å². The molecule has 0 unspecified atom stereocenters. The summed E-state index contributed by atoms with van der Waals surface area (Å²) in [5.41, 5.74) is 0.744. The van der Waals surface area contributed by atoms with Gasteiger partial charge < -0.3 is 10.2 Å². The highest BCUT2D eigenvalue weighted by Gasteiger charge is 2.30. The van der Waals surface area contributed by atoms with E-state index in [1.165, 1.54) is 11.3 Å². The molecular weight excluding hydrogens is 286 g/mol. The molecule has 1 aromatic rings. The van der Waals surface area contributed by atoms with E-state index in [-0.39, 0.29) is 17.7 Å². The Morgan fingerprint density at radius 2 is 2.00 bits per heavy atom. The molecule has 2 amide bonds. The SMILES string of the molecule is CCCN(CCC)C(=O)Cc1csc(NC(=O)C2CC2)n1. The number of thiazole rings is 1. The molecule has 6 heteroatoms. The number of carbonyl (C=O) groups excluding carboxylic acids is 2. The first-order valence-electron chi connectivity index (χ1n) is 7.67. The third-order valence-electron chi connectivity index (χ3n) is 3.40. The summed E-state index contributed by atoms with van der Waals surface area (Å²) in [6.07, 6.45) is 4.20. The molecule has 1 N–H and O–H groups in total. The summed E-state index contributed by atoms with van der Waals surface area (Å²) in [7, 11) is 0. The maximum atomic E-state index is 12.2. The third kappa shape index (κ3) is 4.81. The van der Waals surface area contributed by atoms with Gasteiger partial charge in [0.25, 0.3) is 0 Å². The number of hydrogen-bond donors (Lipinski definition) is 1. The lowest BCUT2D eigenvalue weighted by Gasteiger charge is -2.20. The summed E-state index contributed by atoms with van der Waals surface area (Å²) in [6.45, 7) is 5.73. The van der Waals surface area contributed by atoms with Gasteiger partial charge in [0.2, 0.25) is 11.8 Å². The molecule has 1 fully saturated rings. The zero-order chi connectivity index (χ0) is 15.2. The maximum Gasteiger partial charge on any atom is 0.229 e. The van der Waals surface area contributed by atoms with E-state index >= 15 is 0 Å². The second-order valence-electron chi connectivity index (χ2n) is 5.47. The molecule has 0 bridgehead atoms. The van der Waals surface area contributed by atoms with Gasteiger partial charge in [0.15, 0.2) is 5.13 Å². The lowest BCUT2D eigenvalue weighted by Crippen LogP contribution is -2.33. The van der Waals surface area contributed by atoms with Crippen LogP contribution in [0, 0.1) is 5.92 Å². The van der Waals surface area contributed by atoms with E-state index < -0.39 is 0 Å². The number of nitrogens with one attached hydrogen (secondary N) is 1. The molecule has 0 aromatic carbocycles. The van der Waals surface area contributed by atoms with Crippen LogP contribution < -0.4 is 5.32 Å². The van der Waals surface area contributed by atoms with Gasteiger partial charge in [0, 0.05) is 24.4 Å². The van der Waals surface area contributed by atoms with Crippen molar-refractivity contribution in [2.75, 3.05) is 18.4 Å². The minimum Gasteiger partial charge on any atom is -0.342 e. The van der Waals surface area contributed by atoms with Gasteiger partial charge in [-0.3, -0.25) is 9.59 Å². The fraction of sp³-hybridized carbons (Fsp3) is 0.667. The first kappa shape index (κ1) is 15.9. The molecule has 0 spiro atoms. The third-order valence-corrected chi connectivity index (χ3v) is 4.21. The van der Waals surface area contributed by atoms with Crippen LogP contribution in [0.1, 0.15) is 45.2 Å². The van der Waals surface area contributed by atoms with Gasteiger partial charge in [0.1, 0.15) is 0 Å². The fourth-order valence-electron chi connectivity index (χ4n) is 2.17. The second-order valence-corrected chi connectivity index (χ2v) is 6.32. The molecule has 1 saturated carbocycles. The Balaban J connectivity index is 1.88. The summed E-state index contributed by atoms with van der Waals surface area (Å²) in [5, 5.41) is 5.28. The van der Waals surface area contributed by atoms with Gasteiger partial charge in [0.05, 0.1) is 12.1 Å². The molecular formula is C15H23N3O2S. The van der Waals surface area contributed by atoms with Crippen LogP contribution in [0.2, 0.25) is 0 Å². The van der Waals surface area contributed by atoms with Crippen molar-refractivity contribution in [1.29, 1.82) is 0 Å². The van der Waals surface area contributed by atoms with Gasteiger partial charge in [-0.05, 0) is 25.7 Å². The van der Waals surface area contributed by atoms with Crippen LogP contribution in [0.3, 0.4) is 0 Å². The summed E-state index contributed by atoms with van der Waals surface area (Å²) < 4.78 is 0. The van der Waals surface area contributed by atoms with Crippen LogP contribution in [0.15, 0.2) is 5.38 Å². The number of rotatable bonds is 8. The number of anilines is 1. The highest BCUT2D eigenvalue weighted by atomic mass is 32.1. The van der Waals surface area contributed by atoms with Crippen molar-refractivity contribution >= 4 is 28.3 Å². The zero-order valence-electron chi connectivity index (χ0n) is 12.7. The first-order chi connectivity index (χ1) is 10.1. The Hall–Kier alpha value is -1.43. The molecule has 1 aromatic heterocycles. The average Bonchev–Trinajstić information content (AvgIpc) is 3.22. The summed E-state index contributed by atoms with van der Waals surface area (Å²) >= 11 is 1.39. The number of amides is 2. The lowest BCUT2D eigenvalue weighted by molar-refractivity contribution is -0.130. The quantitative estimate of drug-likeness (QED) is 0.803. The molecule has 1 aliphatic carbocycles. The molecule has 5 nitrogen and oxygen atoms in total. The van der Waals surface area contributed by atoms with Crippen molar-refractivity contribution in [1.82, 2.24) is 9.88 Å². The van der Waals surface area contributed by atoms with Gasteiger partial charge in [-0.25, -0.2) is 4.98 Å². The van der Waals surface area contributed by atoms with Gasteiger partial charge in [-0.15, -0.1) is 11.3 Å². The number of aromatic nitrogens is 1. The van der Waals surface area contributed by atoms with Crippen molar-refractivity contribution < 1.29 is 9.59 Å². The van der Waals surface area contributed by atoms with Crippen LogP contribution in [-0.2, 0) is 16.0 Å². The van der Waals surface area contributed by atoms with Crippen LogP contribution in [-0.4, -0.2) is 34.8 Å². The van der Waals surface area contributed by atoms with Crippen molar-refractivity contribution in [2.45, 2.75) is 46.0 Å². The molecule has 0 atom stereocenters. The monoisotopic (exact) mass is 309 g/mol. The molecule has 0 aliphatic heterocycles. The lowest BCUT2D eigenvalue weighted by atomic mass is 10.2. The van der Waals surface area contributed by atoms with E-state index in [0.29, 0.717) is 11.6 Å². The first-order valence-corrected chi connectivity index (χ1v) is 8.55. The van der Waals surface area contributed by atoms with Crippen molar-refractivity contribution in [3.63, 3.8) is 0 Å². The maximum absolute atomic E-state index is 12.2. The van der Waals surface area contributed by atoms with Crippen molar-refractivity contribution in [2.24, 2.45) is 5.92 Å². The second kappa shape index (κ2) is 7.54. The van der Waals surface area contributed by atoms with Crippen molar-refractivity contribution in [3.05, 3.63) is 11.1 Å². The van der Waals surface area contributed by atoms with Crippen LogP contribution in [0.25, 0.3) is 0 Å². The van der Waals surface area contributed by atoms with Gasteiger partial charge >= 0.3 is 0 Å². The predicted octanol–water partition coefficient (Wildman–Crippen LogP) is 2.68. The predicted molar refractivity (Wildman–Crippen MR) is 84.3 cm³/mol. The molecule has 1 aliphatic rings. The Morgan fingerprint density at radius 1 is 1.33 bits per heavy atom. The number of nitrogens with zero attached hydrogens (tertiary/aromatic N) is 2. The standard InChI is InChI=1S/C15H23N3O2S/c1-3-7-18(8-4-2)13(19)9-12-10-21-15(16-12)17-14(20)11-5-6-11/h10-11H,3-9H2,1-2H3,(H,16,17,20). The summed E-state index contributed by atoms with van der Waals surface area (Å²) in [6, 6.07) is 0. The van der Waals surface area contributed by atoms with Gasteiger partial charge in [-0.2, -0.15) is 0 Å². The van der Waals surface area contributed by atoms with E-state index in [1.54, 1.807) is 0 Å².